The maximum absolute atomic E-state index is 5.62. The van der Waals surface area contributed by atoms with Gasteiger partial charge in [0.2, 0.25) is 11.5 Å². The Kier molecular flexibility index (Phi) is 2.25. The Morgan fingerprint density at radius 1 is 1.29 bits per heavy atom. The van der Waals surface area contributed by atoms with E-state index in [1.165, 1.54) is 0 Å². The molecule has 0 amide bonds. The van der Waals surface area contributed by atoms with Gasteiger partial charge in [0.05, 0.1) is 7.11 Å². The SMILES string of the molecule is COc1cc(I)cc2c1OC(C)(C)O2. The zero-order valence-electron chi connectivity index (χ0n) is 8.26. The minimum atomic E-state index is -0.597. The number of fused-ring (bicyclic) bond motifs is 1. The fourth-order valence-electron chi connectivity index (χ4n) is 1.40. The molecule has 0 spiro atoms. The summed E-state index contributed by atoms with van der Waals surface area (Å²) in [5.41, 5.74) is 0. The largest absolute Gasteiger partial charge is 0.493 e. The number of halogens is 1. The molecule has 4 heteroatoms. The van der Waals surface area contributed by atoms with Gasteiger partial charge in [-0.15, -0.1) is 0 Å². The van der Waals surface area contributed by atoms with E-state index in [1.807, 2.05) is 26.0 Å². The molecule has 0 fully saturated rings. The van der Waals surface area contributed by atoms with Gasteiger partial charge in [-0.05, 0) is 34.7 Å². The quantitative estimate of drug-likeness (QED) is 0.747. The van der Waals surface area contributed by atoms with E-state index < -0.39 is 5.79 Å². The first-order chi connectivity index (χ1) is 6.52. The lowest BCUT2D eigenvalue weighted by molar-refractivity contribution is -0.0439. The summed E-state index contributed by atoms with van der Waals surface area (Å²) in [6.07, 6.45) is 0. The van der Waals surface area contributed by atoms with Crippen molar-refractivity contribution in [3.8, 4) is 17.2 Å². The van der Waals surface area contributed by atoms with E-state index in [4.69, 9.17) is 14.2 Å². The molecule has 0 aliphatic carbocycles. The standard InChI is InChI=1S/C10H11IO3/c1-10(2)13-8-5-6(11)4-7(12-3)9(8)14-10/h4-5H,1-3H3. The highest BCUT2D eigenvalue weighted by molar-refractivity contribution is 14.1. The van der Waals surface area contributed by atoms with Gasteiger partial charge < -0.3 is 14.2 Å². The van der Waals surface area contributed by atoms with Crippen molar-refractivity contribution < 1.29 is 14.2 Å². The predicted molar refractivity (Wildman–Crippen MR) is 61.0 cm³/mol. The Morgan fingerprint density at radius 2 is 2.00 bits per heavy atom. The van der Waals surface area contributed by atoms with Gasteiger partial charge in [0.1, 0.15) is 0 Å². The average molecular weight is 306 g/mol. The highest BCUT2D eigenvalue weighted by Crippen LogP contribution is 2.46. The van der Waals surface area contributed by atoms with Gasteiger partial charge in [0, 0.05) is 17.4 Å². The van der Waals surface area contributed by atoms with Crippen LogP contribution in [0.5, 0.6) is 17.2 Å². The Bertz CT molecular complexity index is 374. The lowest BCUT2D eigenvalue weighted by Crippen LogP contribution is -2.29. The van der Waals surface area contributed by atoms with Crippen molar-refractivity contribution in [2.45, 2.75) is 19.6 Å². The Labute approximate surface area is 96.5 Å². The molecule has 1 aromatic carbocycles. The maximum Gasteiger partial charge on any atom is 0.246 e. The predicted octanol–water partition coefficient (Wildman–Crippen LogP) is 2.81. The number of hydrogen-bond donors (Lipinski definition) is 0. The fraction of sp³-hybridized carbons (Fsp3) is 0.400. The van der Waals surface area contributed by atoms with E-state index in [0.29, 0.717) is 5.75 Å². The van der Waals surface area contributed by atoms with Crippen LogP contribution in [-0.4, -0.2) is 12.9 Å². The molecule has 2 rings (SSSR count). The van der Waals surface area contributed by atoms with Crippen molar-refractivity contribution in [3.05, 3.63) is 15.7 Å². The summed E-state index contributed by atoms with van der Waals surface area (Å²) in [7, 11) is 1.63. The van der Waals surface area contributed by atoms with Gasteiger partial charge in [0.25, 0.3) is 0 Å². The van der Waals surface area contributed by atoms with Gasteiger partial charge in [-0.3, -0.25) is 0 Å². The van der Waals surface area contributed by atoms with Gasteiger partial charge in [-0.1, -0.05) is 0 Å². The number of methoxy groups -OCH3 is 1. The van der Waals surface area contributed by atoms with Crippen molar-refractivity contribution in [3.63, 3.8) is 0 Å². The van der Waals surface area contributed by atoms with E-state index in [1.54, 1.807) is 7.11 Å². The van der Waals surface area contributed by atoms with Gasteiger partial charge >= 0.3 is 0 Å². The minimum absolute atomic E-state index is 0.597. The van der Waals surface area contributed by atoms with Crippen LogP contribution in [0.3, 0.4) is 0 Å². The zero-order valence-corrected chi connectivity index (χ0v) is 10.4. The molecule has 1 aliphatic heterocycles. The molecule has 0 unspecified atom stereocenters. The molecule has 76 valence electrons. The first-order valence-corrected chi connectivity index (χ1v) is 5.35. The average Bonchev–Trinajstić information content (AvgIpc) is 2.37. The minimum Gasteiger partial charge on any atom is -0.493 e. The second-order valence-electron chi connectivity index (χ2n) is 3.54. The molecule has 0 bridgehead atoms. The lowest BCUT2D eigenvalue weighted by atomic mass is 10.3. The van der Waals surface area contributed by atoms with Crippen LogP contribution in [0, 0.1) is 3.57 Å². The van der Waals surface area contributed by atoms with Crippen LogP contribution in [0.2, 0.25) is 0 Å². The lowest BCUT2D eigenvalue weighted by Gasteiger charge is -2.16. The summed E-state index contributed by atoms with van der Waals surface area (Å²) in [4.78, 5) is 0. The second-order valence-corrected chi connectivity index (χ2v) is 4.78. The normalized spacial score (nSPS) is 16.9. The molecular weight excluding hydrogens is 295 g/mol. The number of ether oxygens (including phenoxy) is 3. The molecule has 1 heterocycles. The molecule has 0 saturated carbocycles. The molecule has 1 aromatic rings. The Morgan fingerprint density at radius 3 is 2.64 bits per heavy atom. The topological polar surface area (TPSA) is 27.7 Å². The highest BCUT2D eigenvalue weighted by Gasteiger charge is 2.34. The molecule has 0 N–H and O–H groups in total. The van der Waals surface area contributed by atoms with Crippen LogP contribution >= 0.6 is 22.6 Å². The number of benzene rings is 1. The van der Waals surface area contributed by atoms with E-state index in [2.05, 4.69) is 22.6 Å². The van der Waals surface area contributed by atoms with E-state index >= 15 is 0 Å². The van der Waals surface area contributed by atoms with Crippen LogP contribution in [0.1, 0.15) is 13.8 Å². The Balaban J connectivity index is 2.50. The summed E-state index contributed by atoms with van der Waals surface area (Å²) >= 11 is 2.22. The first-order valence-electron chi connectivity index (χ1n) is 4.27. The molecule has 0 saturated heterocycles. The van der Waals surface area contributed by atoms with Crippen LogP contribution in [0.4, 0.5) is 0 Å². The van der Waals surface area contributed by atoms with Crippen molar-refractivity contribution in [2.24, 2.45) is 0 Å². The maximum atomic E-state index is 5.62. The second kappa shape index (κ2) is 3.18. The third-order valence-electron chi connectivity index (χ3n) is 1.91. The molecule has 3 nitrogen and oxygen atoms in total. The Hall–Kier alpha value is -0.650. The van der Waals surface area contributed by atoms with Gasteiger partial charge in [0.15, 0.2) is 11.5 Å². The van der Waals surface area contributed by atoms with Crippen molar-refractivity contribution in [1.82, 2.24) is 0 Å². The van der Waals surface area contributed by atoms with Crippen molar-refractivity contribution >= 4 is 22.6 Å². The van der Waals surface area contributed by atoms with E-state index in [-0.39, 0.29) is 0 Å². The van der Waals surface area contributed by atoms with Crippen LogP contribution in [0.15, 0.2) is 12.1 Å². The first kappa shape index (κ1) is 9.89. The summed E-state index contributed by atoms with van der Waals surface area (Å²) in [6, 6.07) is 3.86. The molecule has 0 atom stereocenters. The number of rotatable bonds is 1. The van der Waals surface area contributed by atoms with Crippen molar-refractivity contribution in [2.75, 3.05) is 7.11 Å². The summed E-state index contributed by atoms with van der Waals surface area (Å²) in [5, 5.41) is 0. The van der Waals surface area contributed by atoms with Crippen LogP contribution in [-0.2, 0) is 0 Å². The highest BCUT2D eigenvalue weighted by atomic mass is 127. The van der Waals surface area contributed by atoms with Crippen LogP contribution in [0.25, 0.3) is 0 Å². The summed E-state index contributed by atoms with van der Waals surface area (Å²) in [5.74, 6) is 1.56. The van der Waals surface area contributed by atoms with Gasteiger partial charge in [-0.25, -0.2) is 0 Å². The zero-order chi connectivity index (χ0) is 10.3. The summed E-state index contributed by atoms with van der Waals surface area (Å²) in [6.45, 7) is 3.75. The third-order valence-corrected chi connectivity index (χ3v) is 2.53. The third kappa shape index (κ3) is 1.63. The molecular formula is C10H11IO3. The molecule has 0 radical (unpaired) electrons. The fourth-order valence-corrected chi connectivity index (χ4v) is 1.97. The van der Waals surface area contributed by atoms with Crippen molar-refractivity contribution in [1.29, 1.82) is 0 Å². The smallest absolute Gasteiger partial charge is 0.246 e. The monoisotopic (exact) mass is 306 g/mol. The van der Waals surface area contributed by atoms with Crippen LogP contribution < -0.4 is 14.2 Å². The van der Waals surface area contributed by atoms with E-state index in [0.717, 1.165) is 15.1 Å². The summed E-state index contributed by atoms with van der Waals surface area (Å²) < 4.78 is 17.5. The molecule has 14 heavy (non-hydrogen) atoms. The number of hydrogen-bond acceptors (Lipinski definition) is 3. The molecule has 1 aliphatic rings. The van der Waals surface area contributed by atoms with E-state index in [9.17, 15) is 0 Å². The molecule has 0 aromatic heterocycles. The van der Waals surface area contributed by atoms with Gasteiger partial charge in [-0.2, -0.15) is 0 Å².